The summed E-state index contributed by atoms with van der Waals surface area (Å²) >= 11 is 0. The SMILES string of the molecule is CN=P(C)(C=O)C=O. The van der Waals surface area contributed by atoms with Crippen molar-refractivity contribution < 1.29 is 9.59 Å². The first kappa shape index (κ1) is 7.57. The van der Waals surface area contributed by atoms with Crippen LogP contribution in [0.3, 0.4) is 0 Å². The van der Waals surface area contributed by atoms with E-state index in [9.17, 15) is 9.59 Å². The van der Waals surface area contributed by atoms with Gasteiger partial charge >= 0.3 is 0 Å². The fourth-order valence-electron chi connectivity index (χ4n) is 0.119. The maximum absolute atomic E-state index is 10.0. The second kappa shape index (κ2) is 2.78. The van der Waals surface area contributed by atoms with E-state index < -0.39 is 7.05 Å². The quantitative estimate of drug-likeness (QED) is 0.413. The normalized spacial score (nSPS) is 10.2. The molecule has 0 aliphatic heterocycles. The van der Waals surface area contributed by atoms with Crippen molar-refractivity contribution in [3.63, 3.8) is 0 Å². The van der Waals surface area contributed by atoms with Gasteiger partial charge in [-0.1, -0.05) is 0 Å². The van der Waals surface area contributed by atoms with Crippen molar-refractivity contribution >= 4 is 19.1 Å². The summed E-state index contributed by atoms with van der Waals surface area (Å²) < 4.78 is 3.63. The monoisotopic (exact) mass is 133 g/mol. The van der Waals surface area contributed by atoms with E-state index in [0.29, 0.717) is 12.1 Å². The summed E-state index contributed by atoms with van der Waals surface area (Å²) in [6.07, 6.45) is 0. The van der Waals surface area contributed by atoms with Crippen LogP contribution in [0, 0.1) is 0 Å². The Hall–Kier alpha value is -0.430. The van der Waals surface area contributed by atoms with Crippen LogP contribution in [-0.2, 0) is 9.59 Å². The van der Waals surface area contributed by atoms with Gasteiger partial charge in [0.2, 0.25) is 0 Å². The van der Waals surface area contributed by atoms with Crippen LogP contribution in [0.2, 0.25) is 0 Å². The average Bonchev–Trinajstić information content (AvgIpc) is 1.87. The zero-order valence-corrected chi connectivity index (χ0v) is 5.76. The highest BCUT2D eigenvalue weighted by atomic mass is 31.2. The van der Waals surface area contributed by atoms with E-state index >= 15 is 0 Å². The third kappa shape index (κ3) is 1.58. The van der Waals surface area contributed by atoms with Crippen molar-refractivity contribution in [3.8, 4) is 0 Å². The molecule has 0 saturated carbocycles. The molecule has 0 rings (SSSR count). The van der Waals surface area contributed by atoms with Gasteiger partial charge in [-0.25, -0.2) is 0 Å². The minimum absolute atomic E-state index is 0.625. The molecule has 0 fully saturated rings. The Kier molecular flexibility index (Phi) is 2.63. The number of rotatable bonds is 2. The molecule has 0 unspecified atom stereocenters. The Bertz CT molecular complexity index is 140. The molecular formula is C4H8NO2P. The van der Waals surface area contributed by atoms with Gasteiger partial charge in [-0.3, -0.25) is 14.3 Å². The molecule has 0 bridgehead atoms. The molecular weight excluding hydrogens is 125 g/mol. The summed E-state index contributed by atoms with van der Waals surface area (Å²) in [6, 6.07) is 1.25. The number of nitrogens with zero attached hydrogens (tertiary/aromatic N) is 1. The van der Waals surface area contributed by atoms with Gasteiger partial charge in [-0.15, -0.1) is 0 Å². The van der Waals surface area contributed by atoms with Crippen molar-refractivity contribution in [3.05, 3.63) is 0 Å². The van der Waals surface area contributed by atoms with Crippen LogP contribution in [0.15, 0.2) is 4.74 Å². The predicted octanol–water partition coefficient (Wildman–Crippen LogP) is 0.828. The number of carbonyl (C=O) groups is 2. The fourth-order valence-corrected chi connectivity index (χ4v) is 0.357. The van der Waals surface area contributed by atoms with Crippen LogP contribution in [0.5, 0.6) is 0 Å². The molecule has 0 radical (unpaired) electrons. The minimum Gasteiger partial charge on any atom is -0.296 e. The second-order valence-corrected chi connectivity index (χ2v) is 4.52. The summed E-state index contributed by atoms with van der Waals surface area (Å²) in [5.41, 5.74) is 0. The molecule has 3 nitrogen and oxygen atoms in total. The molecule has 8 heavy (non-hydrogen) atoms. The minimum atomic E-state index is -2.15. The lowest BCUT2D eigenvalue weighted by Crippen LogP contribution is -1.79. The van der Waals surface area contributed by atoms with Gasteiger partial charge < -0.3 is 0 Å². The highest BCUT2D eigenvalue weighted by Gasteiger charge is 2.05. The van der Waals surface area contributed by atoms with Gasteiger partial charge in [0.15, 0.2) is 12.1 Å². The Balaban J connectivity index is 4.47. The zero-order chi connectivity index (χ0) is 6.62. The summed E-state index contributed by atoms with van der Waals surface area (Å²) in [6.45, 7) is 1.56. The summed E-state index contributed by atoms with van der Waals surface area (Å²) in [5, 5.41) is 0. The molecule has 0 saturated heterocycles. The maximum Gasteiger partial charge on any atom is 0.164 e. The molecule has 0 amide bonds. The number of hydrogen-bond acceptors (Lipinski definition) is 3. The van der Waals surface area contributed by atoms with E-state index in [1.807, 2.05) is 0 Å². The summed E-state index contributed by atoms with van der Waals surface area (Å²) in [5.74, 6) is 0. The molecule has 46 valence electrons. The smallest absolute Gasteiger partial charge is 0.164 e. The molecule has 0 spiro atoms. The van der Waals surface area contributed by atoms with E-state index in [1.54, 1.807) is 6.66 Å². The number of hydrogen-bond donors (Lipinski definition) is 0. The lowest BCUT2D eigenvalue weighted by molar-refractivity contribution is 0.565. The van der Waals surface area contributed by atoms with Crippen LogP contribution in [0.1, 0.15) is 0 Å². The van der Waals surface area contributed by atoms with Crippen molar-refractivity contribution in [1.29, 1.82) is 0 Å². The van der Waals surface area contributed by atoms with Gasteiger partial charge in [0.05, 0.1) is 7.05 Å². The zero-order valence-electron chi connectivity index (χ0n) is 4.87. The lowest BCUT2D eigenvalue weighted by atomic mass is 11.6. The van der Waals surface area contributed by atoms with Gasteiger partial charge in [0, 0.05) is 7.05 Å². The molecule has 0 aliphatic rings. The second-order valence-electron chi connectivity index (χ2n) is 1.51. The van der Waals surface area contributed by atoms with Gasteiger partial charge in [0.25, 0.3) is 0 Å². The Morgan fingerprint density at radius 3 is 1.75 bits per heavy atom. The van der Waals surface area contributed by atoms with Crippen LogP contribution in [0.25, 0.3) is 0 Å². The van der Waals surface area contributed by atoms with Crippen molar-refractivity contribution in [2.75, 3.05) is 13.7 Å². The fraction of sp³-hybridized carbons (Fsp3) is 0.500. The maximum atomic E-state index is 10.0. The van der Waals surface area contributed by atoms with Crippen LogP contribution < -0.4 is 0 Å². The van der Waals surface area contributed by atoms with Crippen LogP contribution >= 0.6 is 7.05 Å². The molecule has 0 aromatic heterocycles. The molecule has 4 heteroatoms. The molecule has 0 atom stereocenters. The highest BCUT2D eigenvalue weighted by molar-refractivity contribution is 7.91. The standard InChI is InChI=1S/C4H8NO2P/c1-5-8(2,3-6)4-7/h3-4H,1-2H3. The summed E-state index contributed by atoms with van der Waals surface area (Å²) in [4.78, 5) is 20.0. The highest BCUT2D eigenvalue weighted by Crippen LogP contribution is 2.36. The number of carbonyl (C=O) groups excluding carboxylic acids is 2. The average molecular weight is 133 g/mol. The topological polar surface area (TPSA) is 46.5 Å². The van der Waals surface area contributed by atoms with Crippen LogP contribution in [0.4, 0.5) is 0 Å². The van der Waals surface area contributed by atoms with Crippen molar-refractivity contribution in [2.45, 2.75) is 0 Å². The van der Waals surface area contributed by atoms with Crippen molar-refractivity contribution in [2.24, 2.45) is 4.74 Å². The summed E-state index contributed by atoms with van der Waals surface area (Å²) in [7, 11) is -0.665. The predicted molar refractivity (Wildman–Crippen MR) is 34.7 cm³/mol. The first-order chi connectivity index (χ1) is 3.68. The van der Waals surface area contributed by atoms with Crippen molar-refractivity contribution in [1.82, 2.24) is 0 Å². The first-order valence-corrected chi connectivity index (χ1v) is 4.41. The third-order valence-electron chi connectivity index (χ3n) is 0.858. The molecule has 0 N–H and O–H groups in total. The first-order valence-electron chi connectivity index (χ1n) is 2.08. The van der Waals surface area contributed by atoms with E-state index in [0.717, 1.165) is 0 Å². The third-order valence-corrected chi connectivity index (χ3v) is 2.57. The molecule has 0 aromatic rings. The van der Waals surface area contributed by atoms with E-state index in [1.165, 1.54) is 7.05 Å². The Morgan fingerprint density at radius 2 is 1.75 bits per heavy atom. The van der Waals surface area contributed by atoms with E-state index in [4.69, 9.17) is 0 Å². The van der Waals surface area contributed by atoms with Gasteiger partial charge in [-0.05, 0) is 6.66 Å². The molecule has 0 heterocycles. The molecule has 0 aromatic carbocycles. The Labute approximate surface area is 48.1 Å². The lowest BCUT2D eigenvalue weighted by Gasteiger charge is -1.96. The Morgan fingerprint density at radius 1 is 1.38 bits per heavy atom. The van der Waals surface area contributed by atoms with E-state index in [-0.39, 0.29) is 0 Å². The van der Waals surface area contributed by atoms with Crippen LogP contribution in [-0.4, -0.2) is 25.8 Å². The largest absolute Gasteiger partial charge is 0.296 e. The van der Waals surface area contributed by atoms with E-state index in [2.05, 4.69) is 4.74 Å². The molecule has 0 aliphatic carbocycles. The van der Waals surface area contributed by atoms with Gasteiger partial charge in [0.1, 0.15) is 0 Å². The van der Waals surface area contributed by atoms with Gasteiger partial charge in [-0.2, -0.15) is 0 Å².